The fraction of sp³-hybridized carbons (Fsp3) is 0.167. The van der Waals surface area contributed by atoms with Gasteiger partial charge in [0.05, 0.1) is 10.4 Å². The van der Waals surface area contributed by atoms with Crippen molar-refractivity contribution in [2.45, 2.75) is 18.9 Å². The number of nitrogens with zero attached hydrogens (tertiary/aromatic N) is 2. The van der Waals surface area contributed by atoms with E-state index >= 15 is 0 Å². The standard InChI is InChI=1S/C18H14N2O5S2/c21-15(22)6-5-13(17(24)25)20-16(23)14(27-18(20)26)9-10-7-8-19-12-4-2-1-3-11(10)12/h1-4,7-9,13H,5-6H2,(H,21,22)(H,24,25)/b14-9-. The van der Waals surface area contributed by atoms with Gasteiger partial charge in [-0.15, -0.1) is 0 Å². The first-order valence-electron chi connectivity index (χ1n) is 7.94. The molecule has 7 nitrogen and oxygen atoms in total. The maximum Gasteiger partial charge on any atom is 0.326 e. The number of carbonyl (C=O) groups is 3. The third-order valence-electron chi connectivity index (χ3n) is 4.02. The minimum absolute atomic E-state index is 0.0994. The van der Waals surface area contributed by atoms with Gasteiger partial charge in [0.2, 0.25) is 0 Å². The van der Waals surface area contributed by atoms with Crippen LogP contribution in [0.4, 0.5) is 0 Å². The molecule has 1 atom stereocenters. The average molecular weight is 402 g/mol. The summed E-state index contributed by atoms with van der Waals surface area (Å²) in [6, 6.07) is 7.89. The van der Waals surface area contributed by atoms with Crippen LogP contribution in [0.25, 0.3) is 17.0 Å². The Balaban J connectivity index is 1.94. The van der Waals surface area contributed by atoms with Gasteiger partial charge in [-0.2, -0.15) is 0 Å². The summed E-state index contributed by atoms with van der Waals surface area (Å²) in [5.74, 6) is -2.96. The monoisotopic (exact) mass is 402 g/mol. The highest BCUT2D eigenvalue weighted by Crippen LogP contribution is 2.35. The number of amides is 1. The summed E-state index contributed by atoms with van der Waals surface area (Å²) in [5, 5.41) is 19.1. The summed E-state index contributed by atoms with van der Waals surface area (Å²) in [6.07, 6.45) is 2.69. The summed E-state index contributed by atoms with van der Waals surface area (Å²) in [6.45, 7) is 0. The number of aliphatic carboxylic acids is 2. The molecule has 1 saturated heterocycles. The van der Waals surface area contributed by atoms with Gasteiger partial charge in [0, 0.05) is 18.0 Å². The molecule has 3 rings (SSSR count). The van der Waals surface area contributed by atoms with Crippen LogP contribution < -0.4 is 0 Å². The van der Waals surface area contributed by atoms with Crippen molar-refractivity contribution in [3.63, 3.8) is 0 Å². The number of hydrogen-bond acceptors (Lipinski definition) is 6. The summed E-state index contributed by atoms with van der Waals surface area (Å²) in [7, 11) is 0. The number of pyridine rings is 1. The Morgan fingerprint density at radius 2 is 2.00 bits per heavy atom. The highest BCUT2D eigenvalue weighted by atomic mass is 32.2. The summed E-state index contributed by atoms with van der Waals surface area (Å²) in [4.78, 5) is 40.6. The molecule has 2 aromatic rings. The lowest BCUT2D eigenvalue weighted by Crippen LogP contribution is -2.44. The second-order valence-corrected chi connectivity index (χ2v) is 7.43. The normalized spacial score (nSPS) is 16.9. The first-order chi connectivity index (χ1) is 12.9. The smallest absolute Gasteiger partial charge is 0.326 e. The zero-order valence-corrected chi connectivity index (χ0v) is 15.5. The Morgan fingerprint density at radius 1 is 1.26 bits per heavy atom. The first kappa shape index (κ1) is 19.0. The third-order valence-corrected chi connectivity index (χ3v) is 5.35. The number of carboxylic acid groups (broad SMARTS) is 2. The highest BCUT2D eigenvalue weighted by molar-refractivity contribution is 8.26. The van der Waals surface area contributed by atoms with Crippen LogP contribution in [0.5, 0.6) is 0 Å². The minimum atomic E-state index is -1.31. The van der Waals surface area contributed by atoms with Crippen molar-refractivity contribution in [3.05, 3.63) is 47.0 Å². The zero-order valence-electron chi connectivity index (χ0n) is 13.9. The highest BCUT2D eigenvalue weighted by Gasteiger charge is 2.40. The van der Waals surface area contributed by atoms with Crippen LogP contribution in [0.2, 0.25) is 0 Å². The molecular formula is C18H14N2O5S2. The van der Waals surface area contributed by atoms with Crippen LogP contribution in [0.15, 0.2) is 41.4 Å². The van der Waals surface area contributed by atoms with E-state index in [1.54, 1.807) is 18.3 Å². The van der Waals surface area contributed by atoms with E-state index in [2.05, 4.69) is 4.98 Å². The number of thioether (sulfide) groups is 1. The van der Waals surface area contributed by atoms with Gasteiger partial charge < -0.3 is 10.2 Å². The zero-order chi connectivity index (χ0) is 19.6. The molecule has 2 N–H and O–H groups in total. The molecule has 0 saturated carbocycles. The van der Waals surface area contributed by atoms with Crippen molar-refractivity contribution in [1.82, 2.24) is 9.88 Å². The van der Waals surface area contributed by atoms with Gasteiger partial charge in [-0.25, -0.2) is 4.79 Å². The van der Waals surface area contributed by atoms with Crippen molar-refractivity contribution in [3.8, 4) is 0 Å². The Kier molecular flexibility index (Phi) is 5.52. The van der Waals surface area contributed by atoms with E-state index in [-0.39, 0.29) is 22.1 Å². The van der Waals surface area contributed by atoms with Gasteiger partial charge in [0.15, 0.2) is 0 Å². The van der Waals surface area contributed by atoms with E-state index in [4.69, 9.17) is 17.3 Å². The second-order valence-electron chi connectivity index (χ2n) is 5.76. The number of fused-ring (bicyclic) bond motifs is 1. The molecule has 1 unspecified atom stereocenters. The number of aromatic nitrogens is 1. The Labute approximate surface area is 163 Å². The van der Waals surface area contributed by atoms with Crippen LogP contribution >= 0.6 is 24.0 Å². The molecule has 0 aliphatic carbocycles. The topological polar surface area (TPSA) is 108 Å². The number of hydrogen-bond donors (Lipinski definition) is 2. The SMILES string of the molecule is O=C(O)CCC(C(=O)O)N1C(=O)/C(=C/c2ccnc3ccccc23)SC1=S. The fourth-order valence-electron chi connectivity index (χ4n) is 2.76. The fourth-order valence-corrected chi connectivity index (χ4v) is 4.10. The molecule has 1 aromatic carbocycles. The Hall–Kier alpha value is -2.78. The van der Waals surface area contributed by atoms with Gasteiger partial charge in [0.25, 0.3) is 5.91 Å². The molecule has 138 valence electrons. The molecule has 1 amide bonds. The molecule has 2 heterocycles. The van der Waals surface area contributed by atoms with Crippen molar-refractivity contribution in [2.75, 3.05) is 0 Å². The number of carboxylic acids is 2. The third kappa shape index (κ3) is 3.99. The van der Waals surface area contributed by atoms with E-state index in [0.717, 1.165) is 33.1 Å². The van der Waals surface area contributed by atoms with Gasteiger partial charge in [0.1, 0.15) is 10.4 Å². The summed E-state index contributed by atoms with van der Waals surface area (Å²) >= 11 is 6.19. The second kappa shape index (κ2) is 7.85. The predicted octanol–water partition coefficient (Wildman–Crippen LogP) is 2.75. The molecule has 1 aromatic heterocycles. The molecule has 0 bridgehead atoms. The van der Waals surface area contributed by atoms with Crippen molar-refractivity contribution in [2.24, 2.45) is 0 Å². The number of benzene rings is 1. The Bertz CT molecular complexity index is 983. The van der Waals surface area contributed by atoms with Crippen molar-refractivity contribution in [1.29, 1.82) is 0 Å². The predicted molar refractivity (Wildman–Crippen MR) is 105 cm³/mol. The van der Waals surface area contributed by atoms with Gasteiger partial charge in [-0.05, 0) is 30.2 Å². The number of rotatable bonds is 6. The molecule has 27 heavy (non-hydrogen) atoms. The maximum atomic E-state index is 12.8. The summed E-state index contributed by atoms with van der Waals surface area (Å²) in [5.41, 5.74) is 1.53. The quantitative estimate of drug-likeness (QED) is 0.561. The van der Waals surface area contributed by atoms with Gasteiger partial charge in [-0.1, -0.05) is 42.2 Å². The lowest BCUT2D eigenvalue weighted by atomic mass is 10.1. The Morgan fingerprint density at radius 3 is 2.70 bits per heavy atom. The number of para-hydroxylation sites is 1. The van der Waals surface area contributed by atoms with E-state index in [1.807, 2.05) is 24.3 Å². The molecule has 9 heteroatoms. The minimum Gasteiger partial charge on any atom is -0.481 e. The molecule has 0 radical (unpaired) electrons. The van der Waals surface area contributed by atoms with Crippen LogP contribution in [-0.2, 0) is 14.4 Å². The van der Waals surface area contributed by atoms with Crippen LogP contribution in [0, 0.1) is 0 Å². The van der Waals surface area contributed by atoms with E-state index in [9.17, 15) is 19.5 Å². The van der Waals surface area contributed by atoms with Gasteiger partial charge in [-0.3, -0.25) is 19.5 Å². The number of thiocarbonyl (C=S) groups is 1. The largest absolute Gasteiger partial charge is 0.481 e. The molecular weight excluding hydrogens is 388 g/mol. The van der Waals surface area contributed by atoms with Crippen molar-refractivity contribution < 1.29 is 24.6 Å². The lowest BCUT2D eigenvalue weighted by molar-refractivity contribution is -0.146. The van der Waals surface area contributed by atoms with Crippen LogP contribution in [0.3, 0.4) is 0 Å². The van der Waals surface area contributed by atoms with Gasteiger partial charge >= 0.3 is 11.9 Å². The maximum absolute atomic E-state index is 12.8. The first-order valence-corrected chi connectivity index (χ1v) is 9.16. The number of carbonyl (C=O) groups excluding carboxylic acids is 1. The molecule has 1 fully saturated rings. The average Bonchev–Trinajstić information content (AvgIpc) is 2.89. The van der Waals surface area contributed by atoms with E-state index in [1.165, 1.54) is 0 Å². The van der Waals surface area contributed by atoms with Crippen LogP contribution in [-0.4, -0.2) is 48.3 Å². The van der Waals surface area contributed by atoms with E-state index < -0.39 is 23.9 Å². The summed E-state index contributed by atoms with van der Waals surface area (Å²) < 4.78 is 0.0994. The molecule has 1 aliphatic rings. The lowest BCUT2D eigenvalue weighted by Gasteiger charge is -2.22. The molecule has 0 spiro atoms. The van der Waals surface area contributed by atoms with E-state index in [0.29, 0.717) is 0 Å². The van der Waals surface area contributed by atoms with Crippen LogP contribution in [0.1, 0.15) is 18.4 Å². The van der Waals surface area contributed by atoms with Crippen molar-refractivity contribution >= 4 is 63.1 Å². The molecule has 1 aliphatic heterocycles.